The smallest absolute Gasteiger partial charge is 0.310 e. The maximum absolute atomic E-state index is 13.6. The molecule has 2 heterocycles. The van der Waals surface area contributed by atoms with Crippen molar-refractivity contribution < 1.29 is 75.5 Å². The highest BCUT2D eigenvalue weighted by atomic mass is 35.5. The fraction of sp³-hybridized carbons (Fsp3) is 0.208. The largest absolute Gasteiger partial charge is 0.494 e. The molecular weight excluding hydrogens is 943 g/mol. The van der Waals surface area contributed by atoms with Gasteiger partial charge in [-0.25, -0.2) is 27.0 Å². The van der Waals surface area contributed by atoms with Crippen molar-refractivity contribution in [3.8, 4) is 28.9 Å². The predicted molar refractivity (Wildman–Crippen MR) is 238 cm³/mol. The predicted octanol–water partition coefficient (Wildman–Crippen LogP) is 9.11. The summed E-state index contributed by atoms with van der Waals surface area (Å²) in [5, 5.41) is 21.7. The van der Waals surface area contributed by atoms with Gasteiger partial charge in [0.05, 0.1) is 69.7 Å². The minimum atomic E-state index is -2.90. The lowest BCUT2D eigenvalue weighted by molar-refractivity contribution is -0.143. The average molecular weight is 980 g/mol. The summed E-state index contributed by atoms with van der Waals surface area (Å²) < 4.78 is 73.6. The van der Waals surface area contributed by atoms with Gasteiger partial charge in [0.25, 0.3) is 24.7 Å². The SMILES string of the molecule is CCOC(=O)Cc1ccc(-n2c(O)c3c(c2O)C(=O)c2ccccc2C3=O)c(Cl)c1.CCOC(=O)Cc1ccc(N2C(=O)c3c(c(OCC(F)F)c4ccccc4c3OCC(F)F)C2=O)c(Cl)c1. The average Bonchev–Trinajstić information content (AvgIpc) is 3.71. The van der Waals surface area contributed by atoms with Crippen molar-refractivity contribution in [2.75, 3.05) is 31.3 Å². The molecule has 0 saturated heterocycles. The lowest BCUT2D eigenvalue weighted by Crippen LogP contribution is -2.30. The summed E-state index contributed by atoms with van der Waals surface area (Å²) in [5.41, 5.74) is 0.0181. The van der Waals surface area contributed by atoms with Crippen LogP contribution in [0.15, 0.2) is 84.9 Å². The van der Waals surface area contributed by atoms with Crippen molar-refractivity contribution in [1.29, 1.82) is 0 Å². The monoisotopic (exact) mass is 978 g/mol. The molecule has 20 heteroatoms. The number of hydrogen-bond acceptors (Lipinski definition) is 12. The number of aromatic nitrogens is 1. The molecule has 0 radical (unpaired) electrons. The maximum atomic E-state index is 13.6. The number of hydrogen-bond donors (Lipinski definition) is 2. The van der Waals surface area contributed by atoms with Crippen molar-refractivity contribution in [3.05, 3.63) is 139 Å². The quantitative estimate of drug-likeness (QED) is 0.0599. The number of benzene rings is 5. The number of rotatable bonds is 14. The number of imide groups is 1. The lowest BCUT2D eigenvalue weighted by atomic mass is 9.86. The molecule has 2 N–H and O–H groups in total. The maximum Gasteiger partial charge on any atom is 0.310 e. The molecule has 8 rings (SSSR count). The Hall–Kier alpha value is -7.44. The second-order valence-corrected chi connectivity index (χ2v) is 15.6. The van der Waals surface area contributed by atoms with Gasteiger partial charge in [0, 0.05) is 21.9 Å². The summed E-state index contributed by atoms with van der Waals surface area (Å²) in [6, 6.07) is 20.8. The first-order valence-corrected chi connectivity index (χ1v) is 21.3. The van der Waals surface area contributed by atoms with Crippen LogP contribution in [0.5, 0.6) is 23.3 Å². The summed E-state index contributed by atoms with van der Waals surface area (Å²) >= 11 is 12.7. The van der Waals surface area contributed by atoms with E-state index in [1.165, 1.54) is 66.7 Å². The number of aromatic hydroxyl groups is 2. The van der Waals surface area contributed by atoms with E-state index in [0.29, 0.717) is 16.0 Å². The summed E-state index contributed by atoms with van der Waals surface area (Å²) in [5.74, 6) is -5.80. The molecule has 352 valence electrons. The number of carbonyl (C=O) groups is 6. The van der Waals surface area contributed by atoms with Gasteiger partial charge in [-0.2, -0.15) is 0 Å². The Balaban J connectivity index is 0.000000207. The van der Waals surface area contributed by atoms with Crippen LogP contribution < -0.4 is 14.4 Å². The Morgan fingerprint density at radius 3 is 1.37 bits per heavy atom. The second kappa shape index (κ2) is 20.2. The van der Waals surface area contributed by atoms with Gasteiger partial charge in [-0.1, -0.05) is 83.9 Å². The Labute approximate surface area is 393 Å². The molecule has 1 aromatic heterocycles. The number of halogens is 6. The van der Waals surface area contributed by atoms with E-state index < -0.39 is 84.3 Å². The molecule has 2 amide bonds. The third-order valence-corrected chi connectivity index (χ3v) is 11.1. The summed E-state index contributed by atoms with van der Waals surface area (Å²) in [4.78, 5) is 77.1. The normalized spacial score (nSPS) is 12.8. The highest BCUT2D eigenvalue weighted by molar-refractivity contribution is 6.42. The standard InChI is InChI=1S/C26H20ClF4NO6.C22H16ClNO6/c1-2-36-20(33)10-13-7-8-17(16(27)9-13)32-25(34)21-22(26(32)35)24(38-12-19(30)31)15-6-4-3-5-14(15)23(21)37-11-18(28)29;1-2-30-16(25)10-11-7-8-15(14(23)9-11)24-21(28)17-18(22(24)29)20(27)13-6-4-3-5-12(13)19(17)26/h3-9,18-19H,2,10-12H2,1H3;3-9,28-29H,2,10H2,1H3. The summed E-state index contributed by atoms with van der Waals surface area (Å²) in [6.07, 6.45) is -5.91. The number of carbonyl (C=O) groups excluding carboxylic acids is 6. The van der Waals surface area contributed by atoms with E-state index in [2.05, 4.69) is 0 Å². The molecule has 6 aromatic rings. The van der Waals surface area contributed by atoms with Gasteiger partial charge in [0.2, 0.25) is 11.8 Å². The molecule has 0 bridgehead atoms. The first kappa shape index (κ1) is 48.5. The van der Waals surface area contributed by atoms with Crippen molar-refractivity contribution in [1.82, 2.24) is 4.57 Å². The summed E-state index contributed by atoms with van der Waals surface area (Å²) in [7, 11) is 0. The Kier molecular flexibility index (Phi) is 14.4. The minimum absolute atomic E-state index is 0.000262. The molecule has 0 saturated carbocycles. The molecule has 1 aliphatic heterocycles. The Morgan fingerprint density at radius 2 is 0.985 bits per heavy atom. The van der Waals surface area contributed by atoms with Crippen molar-refractivity contribution in [3.63, 3.8) is 0 Å². The topological polar surface area (TPSA) is 188 Å². The van der Waals surface area contributed by atoms with Crippen LogP contribution in [0.3, 0.4) is 0 Å². The van der Waals surface area contributed by atoms with E-state index >= 15 is 0 Å². The highest BCUT2D eigenvalue weighted by Crippen LogP contribution is 2.48. The number of anilines is 1. The molecule has 14 nitrogen and oxygen atoms in total. The van der Waals surface area contributed by atoms with Crippen LogP contribution in [-0.4, -0.2) is 89.4 Å². The number of nitrogens with zero attached hydrogens (tertiary/aromatic N) is 2. The molecule has 0 atom stereocenters. The molecule has 2 aliphatic rings. The van der Waals surface area contributed by atoms with E-state index in [-0.39, 0.29) is 92.0 Å². The van der Waals surface area contributed by atoms with Crippen LogP contribution >= 0.6 is 23.2 Å². The van der Waals surface area contributed by atoms with Gasteiger partial charge in [-0.3, -0.25) is 28.8 Å². The third kappa shape index (κ3) is 9.28. The number of ketones is 2. The number of fused-ring (bicyclic) bond motifs is 4. The van der Waals surface area contributed by atoms with Gasteiger partial charge in [-0.15, -0.1) is 0 Å². The van der Waals surface area contributed by atoms with Crippen molar-refractivity contribution in [2.45, 2.75) is 39.5 Å². The van der Waals surface area contributed by atoms with Crippen molar-refractivity contribution in [2.24, 2.45) is 0 Å². The Bertz CT molecular complexity index is 2920. The summed E-state index contributed by atoms with van der Waals surface area (Å²) in [6.45, 7) is 1.62. The zero-order valence-electron chi connectivity index (χ0n) is 35.6. The molecular formula is C48H36Cl2F4N2O12. The first-order valence-electron chi connectivity index (χ1n) is 20.5. The first-order chi connectivity index (χ1) is 32.5. The van der Waals surface area contributed by atoms with Gasteiger partial charge in [0.1, 0.15) is 24.7 Å². The fourth-order valence-corrected chi connectivity index (χ4v) is 8.28. The van der Waals surface area contributed by atoms with Gasteiger partial charge < -0.3 is 29.2 Å². The van der Waals surface area contributed by atoms with Crippen LogP contribution in [0.2, 0.25) is 10.0 Å². The zero-order chi connectivity index (χ0) is 49.1. The van der Waals surface area contributed by atoms with Crippen LogP contribution in [0.1, 0.15) is 77.5 Å². The number of amides is 2. The molecule has 5 aromatic carbocycles. The van der Waals surface area contributed by atoms with E-state index in [1.807, 2.05) is 0 Å². The van der Waals surface area contributed by atoms with Crippen LogP contribution in [0.25, 0.3) is 16.5 Å². The van der Waals surface area contributed by atoms with Crippen LogP contribution in [0.4, 0.5) is 23.2 Å². The lowest BCUT2D eigenvalue weighted by Gasteiger charge is -2.17. The number of alkyl halides is 4. The fourth-order valence-electron chi connectivity index (χ4n) is 7.71. The van der Waals surface area contributed by atoms with E-state index in [0.717, 1.165) is 4.57 Å². The minimum Gasteiger partial charge on any atom is -0.494 e. The van der Waals surface area contributed by atoms with Gasteiger partial charge in [-0.05, 0) is 49.2 Å². The zero-order valence-corrected chi connectivity index (χ0v) is 37.1. The van der Waals surface area contributed by atoms with E-state index in [1.54, 1.807) is 32.0 Å². The van der Waals surface area contributed by atoms with Crippen molar-refractivity contribution >= 4 is 75.0 Å². The Morgan fingerprint density at radius 1 is 0.588 bits per heavy atom. The second-order valence-electron chi connectivity index (χ2n) is 14.8. The van der Waals surface area contributed by atoms with E-state index in [4.69, 9.17) is 42.1 Å². The molecule has 0 fully saturated rings. The van der Waals surface area contributed by atoms with Crippen LogP contribution in [0, 0.1) is 0 Å². The molecule has 68 heavy (non-hydrogen) atoms. The van der Waals surface area contributed by atoms with Gasteiger partial charge in [0.15, 0.2) is 11.6 Å². The number of ether oxygens (including phenoxy) is 4. The van der Waals surface area contributed by atoms with Gasteiger partial charge >= 0.3 is 11.9 Å². The van der Waals surface area contributed by atoms with Crippen LogP contribution in [-0.2, 0) is 31.9 Å². The molecule has 0 spiro atoms. The molecule has 1 aliphatic carbocycles. The number of esters is 2. The third-order valence-electron chi connectivity index (χ3n) is 10.5. The van der Waals surface area contributed by atoms with E-state index in [9.17, 15) is 56.5 Å². The highest BCUT2D eigenvalue weighted by Gasteiger charge is 2.45. The molecule has 0 unspecified atom stereocenters.